The zero-order chi connectivity index (χ0) is 45.1. The van der Waals surface area contributed by atoms with Crippen molar-refractivity contribution in [3.63, 3.8) is 0 Å². The molecule has 330 valence electrons. The molecule has 13 heteroatoms. The molecule has 0 bridgehead atoms. The highest BCUT2D eigenvalue weighted by molar-refractivity contribution is 6.03. The Morgan fingerprint density at radius 3 is 1.29 bits per heavy atom. The average molecular weight is 856 g/mol. The fourth-order valence-electron chi connectivity index (χ4n) is 7.35. The van der Waals surface area contributed by atoms with Crippen molar-refractivity contribution in [3.8, 4) is 56.3 Å². The summed E-state index contributed by atoms with van der Waals surface area (Å²) in [6.07, 6.45) is 4.72. The Balaban J connectivity index is 0.000000238. The van der Waals surface area contributed by atoms with E-state index >= 15 is 0 Å². The molecular weight excluding hydrogens is 799 g/mol. The minimum Gasteiger partial charge on any atom is -0.497 e. The number of rotatable bonds is 20. The Labute approximate surface area is 368 Å². The van der Waals surface area contributed by atoms with Crippen LogP contribution in [0, 0.1) is 13.8 Å². The predicted octanol–water partition coefficient (Wildman–Crippen LogP) is 9.50. The number of carbonyl (C=O) groups excluding carboxylic acids is 3. The monoisotopic (exact) mass is 855 g/mol. The normalized spacial score (nSPS) is 10.6. The molecule has 0 aliphatic heterocycles. The van der Waals surface area contributed by atoms with Crippen LogP contribution in [0.15, 0.2) is 109 Å². The Hall–Kier alpha value is -7.12. The number of hydroxylamine groups is 1. The minimum absolute atomic E-state index is 0.160. The van der Waals surface area contributed by atoms with Crippen LogP contribution in [0.5, 0.6) is 11.5 Å². The Morgan fingerprint density at radius 2 is 0.921 bits per heavy atom. The van der Waals surface area contributed by atoms with E-state index in [1.165, 1.54) is 0 Å². The SMILES string of the molecule is COc1ccc(-c2[nH]c(C(=O)NCCCCCC(=O)NO)c(-c3ccccc3)c2C)cc1.COc1ccc(-c2[nH]c(C(=O)NCCCCCC(=O)O)c(-c3ccccc3)c2C)cc1. The zero-order valence-electron chi connectivity index (χ0n) is 36.3. The summed E-state index contributed by atoms with van der Waals surface area (Å²) in [6, 6.07) is 35.2. The molecule has 6 aromatic rings. The number of aromatic nitrogens is 2. The summed E-state index contributed by atoms with van der Waals surface area (Å²) >= 11 is 0. The van der Waals surface area contributed by atoms with Gasteiger partial charge in [-0.3, -0.25) is 24.4 Å². The molecule has 6 rings (SSSR count). The molecular formula is C50H57N5O8. The van der Waals surface area contributed by atoms with Crippen molar-refractivity contribution in [1.82, 2.24) is 26.1 Å². The van der Waals surface area contributed by atoms with Gasteiger partial charge in [-0.05, 0) is 121 Å². The molecule has 0 aliphatic rings. The molecule has 63 heavy (non-hydrogen) atoms. The molecule has 0 spiro atoms. The molecule has 0 unspecified atom stereocenters. The number of carbonyl (C=O) groups is 4. The number of ether oxygens (including phenoxy) is 2. The molecule has 13 nitrogen and oxygen atoms in total. The summed E-state index contributed by atoms with van der Waals surface area (Å²) in [6.45, 7) is 5.04. The van der Waals surface area contributed by atoms with Crippen LogP contribution in [-0.4, -0.2) is 71.3 Å². The van der Waals surface area contributed by atoms with Crippen LogP contribution in [0.2, 0.25) is 0 Å². The third-order valence-corrected chi connectivity index (χ3v) is 10.7. The van der Waals surface area contributed by atoms with Crippen molar-refractivity contribution >= 4 is 23.7 Å². The van der Waals surface area contributed by atoms with Gasteiger partial charge in [0.25, 0.3) is 11.8 Å². The van der Waals surface area contributed by atoms with Gasteiger partial charge < -0.3 is 35.2 Å². The first-order valence-corrected chi connectivity index (χ1v) is 21.1. The van der Waals surface area contributed by atoms with E-state index in [4.69, 9.17) is 19.8 Å². The molecule has 7 N–H and O–H groups in total. The minimum atomic E-state index is -0.788. The maximum Gasteiger partial charge on any atom is 0.303 e. The third kappa shape index (κ3) is 12.9. The molecule has 0 saturated heterocycles. The fourth-order valence-corrected chi connectivity index (χ4v) is 7.35. The molecule has 0 radical (unpaired) electrons. The highest BCUT2D eigenvalue weighted by Crippen LogP contribution is 2.37. The quantitative estimate of drug-likeness (QED) is 0.0224. The van der Waals surface area contributed by atoms with Gasteiger partial charge in [-0.1, -0.05) is 73.5 Å². The summed E-state index contributed by atoms with van der Waals surface area (Å²) < 4.78 is 10.5. The lowest BCUT2D eigenvalue weighted by Gasteiger charge is -2.08. The molecule has 4 aromatic carbocycles. The van der Waals surface area contributed by atoms with Gasteiger partial charge in [0, 0.05) is 48.4 Å². The van der Waals surface area contributed by atoms with Gasteiger partial charge in [0.1, 0.15) is 22.9 Å². The summed E-state index contributed by atoms with van der Waals surface area (Å²) in [5.41, 5.74) is 12.1. The van der Waals surface area contributed by atoms with E-state index in [0.717, 1.165) is 93.1 Å². The van der Waals surface area contributed by atoms with Gasteiger partial charge in [-0.2, -0.15) is 0 Å². The standard InChI is InChI=1S/C25H29N3O4.C25H28N2O4/c1-17-22(18-9-5-3-6-10-18)24(25(30)26-16-8-4-7-11-21(29)28-31)27-23(17)19-12-14-20(32-2)15-13-19;1-17-22(18-9-5-3-6-10-18)24(25(30)26-16-8-4-7-11-21(28)29)27-23(17)19-12-14-20(31-2)15-13-19/h3,5-6,9-10,12-15,27,31H,4,7-8,11,16H2,1-2H3,(H,26,30)(H,28,29);3,5-6,9-10,12-15,27H,4,7-8,11,16H2,1-2H3,(H,26,30)(H,28,29). The second kappa shape index (κ2) is 23.8. The van der Waals surface area contributed by atoms with Gasteiger partial charge >= 0.3 is 5.97 Å². The number of aromatic amines is 2. The molecule has 0 atom stereocenters. The lowest BCUT2D eigenvalue weighted by molar-refractivity contribution is -0.137. The first-order chi connectivity index (χ1) is 30.6. The van der Waals surface area contributed by atoms with E-state index in [9.17, 15) is 19.2 Å². The van der Waals surface area contributed by atoms with Gasteiger partial charge in [0.2, 0.25) is 5.91 Å². The molecule has 0 aliphatic carbocycles. The second-order valence-electron chi connectivity index (χ2n) is 15.0. The van der Waals surface area contributed by atoms with Gasteiger partial charge in [-0.25, -0.2) is 5.48 Å². The Morgan fingerprint density at radius 1 is 0.524 bits per heavy atom. The number of amides is 3. The van der Waals surface area contributed by atoms with E-state index in [2.05, 4.69) is 20.6 Å². The number of H-pyrrole nitrogens is 2. The fraction of sp³-hybridized carbons (Fsp3) is 0.280. The topological polar surface area (TPSA) is 195 Å². The average Bonchev–Trinajstić information content (AvgIpc) is 3.85. The van der Waals surface area contributed by atoms with E-state index in [1.807, 2.05) is 123 Å². The number of benzene rings is 4. The second-order valence-corrected chi connectivity index (χ2v) is 15.0. The van der Waals surface area contributed by atoms with Crippen molar-refractivity contribution in [2.75, 3.05) is 27.3 Å². The van der Waals surface area contributed by atoms with Crippen LogP contribution >= 0.6 is 0 Å². The van der Waals surface area contributed by atoms with Crippen LogP contribution in [0.25, 0.3) is 44.8 Å². The largest absolute Gasteiger partial charge is 0.497 e. The maximum atomic E-state index is 13.1. The van der Waals surface area contributed by atoms with Gasteiger partial charge in [-0.15, -0.1) is 0 Å². The highest BCUT2D eigenvalue weighted by atomic mass is 16.5. The first kappa shape index (κ1) is 46.9. The number of hydrogen-bond acceptors (Lipinski definition) is 7. The van der Waals surface area contributed by atoms with Crippen LogP contribution < -0.4 is 25.6 Å². The maximum absolute atomic E-state index is 13.1. The van der Waals surface area contributed by atoms with Crippen LogP contribution in [0.1, 0.15) is 83.5 Å². The molecule has 2 aromatic heterocycles. The third-order valence-electron chi connectivity index (χ3n) is 10.7. The lowest BCUT2D eigenvalue weighted by atomic mass is 9.98. The summed E-state index contributed by atoms with van der Waals surface area (Å²) in [4.78, 5) is 54.4. The Kier molecular flexibility index (Phi) is 17.7. The number of nitrogens with one attached hydrogen (secondary N) is 5. The van der Waals surface area contributed by atoms with E-state index in [0.29, 0.717) is 37.3 Å². The zero-order valence-corrected chi connectivity index (χ0v) is 36.3. The van der Waals surface area contributed by atoms with Gasteiger partial charge in [0.15, 0.2) is 0 Å². The van der Waals surface area contributed by atoms with Crippen molar-refractivity contribution in [2.24, 2.45) is 0 Å². The predicted molar refractivity (Wildman–Crippen MR) is 245 cm³/mol. The first-order valence-electron chi connectivity index (χ1n) is 21.1. The number of hydrogen-bond donors (Lipinski definition) is 7. The van der Waals surface area contributed by atoms with E-state index in [1.54, 1.807) is 19.7 Å². The number of carboxylic acid groups (broad SMARTS) is 1. The summed E-state index contributed by atoms with van der Waals surface area (Å²) in [5.74, 6) is 0.0338. The summed E-state index contributed by atoms with van der Waals surface area (Å²) in [5, 5.41) is 23.2. The number of carboxylic acids is 1. The van der Waals surface area contributed by atoms with Crippen molar-refractivity contribution in [1.29, 1.82) is 0 Å². The lowest BCUT2D eigenvalue weighted by Crippen LogP contribution is -2.25. The highest BCUT2D eigenvalue weighted by Gasteiger charge is 2.23. The smallest absolute Gasteiger partial charge is 0.303 e. The van der Waals surface area contributed by atoms with Crippen LogP contribution in [-0.2, 0) is 9.59 Å². The Bertz CT molecular complexity index is 2410. The molecule has 0 saturated carbocycles. The number of methoxy groups -OCH3 is 2. The number of aliphatic carboxylic acids is 1. The van der Waals surface area contributed by atoms with Crippen molar-refractivity contribution < 1.29 is 39.0 Å². The molecule has 2 heterocycles. The van der Waals surface area contributed by atoms with Crippen molar-refractivity contribution in [2.45, 2.75) is 65.2 Å². The van der Waals surface area contributed by atoms with E-state index < -0.39 is 11.9 Å². The van der Waals surface area contributed by atoms with Crippen LogP contribution in [0.3, 0.4) is 0 Å². The van der Waals surface area contributed by atoms with Crippen molar-refractivity contribution in [3.05, 3.63) is 132 Å². The molecule has 3 amide bonds. The van der Waals surface area contributed by atoms with E-state index in [-0.39, 0.29) is 24.7 Å². The van der Waals surface area contributed by atoms with Gasteiger partial charge in [0.05, 0.1) is 14.2 Å². The van der Waals surface area contributed by atoms with Crippen LogP contribution in [0.4, 0.5) is 0 Å². The summed E-state index contributed by atoms with van der Waals surface area (Å²) in [7, 11) is 3.26. The number of unbranched alkanes of at least 4 members (excludes halogenated alkanes) is 4. The molecule has 0 fully saturated rings.